The van der Waals surface area contributed by atoms with E-state index in [4.69, 9.17) is 0 Å². The summed E-state index contributed by atoms with van der Waals surface area (Å²) < 4.78 is 2.50. The van der Waals surface area contributed by atoms with E-state index < -0.39 is 0 Å². The van der Waals surface area contributed by atoms with E-state index in [0.29, 0.717) is 37.6 Å². The molecule has 2 aromatic heterocycles. The van der Waals surface area contributed by atoms with Gasteiger partial charge < -0.3 is 9.80 Å². The summed E-state index contributed by atoms with van der Waals surface area (Å²) >= 11 is 3.41. The van der Waals surface area contributed by atoms with E-state index in [2.05, 4.69) is 40.9 Å². The van der Waals surface area contributed by atoms with Crippen LogP contribution in [-0.4, -0.2) is 61.7 Å². The third-order valence-corrected chi connectivity index (χ3v) is 4.75. The molecule has 0 saturated carbocycles. The Morgan fingerprint density at radius 1 is 1.00 bits per heavy atom. The van der Waals surface area contributed by atoms with Gasteiger partial charge in [-0.2, -0.15) is 5.10 Å². The number of carbonyl (C=O) groups excluding carboxylic acids is 1. The zero-order chi connectivity index (χ0) is 17.9. The van der Waals surface area contributed by atoms with Crippen LogP contribution >= 0.6 is 15.9 Å². The fourth-order valence-corrected chi connectivity index (χ4v) is 3.30. The van der Waals surface area contributed by atoms with Gasteiger partial charge in [0, 0.05) is 42.3 Å². The molecule has 8 nitrogen and oxygen atoms in total. The number of hydrogen-bond donors (Lipinski definition) is 0. The molecule has 9 heteroatoms. The highest BCUT2D eigenvalue weighted by Gasteiger charge is 2.23. The molecule has 0 aliphatic carbocycles. The fourth-order valence-electron chi connectivity index (χ4n) is 2.90. The Morgan fingerprint density at radius 3 is 2.54 bits per heavy atom. The van der Waals surface area contributed by atoms with E-state index in [0.717, 1.165) is 10.3 Å². The molecule has 0 radical (unpaired) electrons. The first kappa shape index (κ1) is 16.6. The second kappa shape index (κ2) is 7.20. The van der Waals surface area contributed by atoms with Crippen LogP contribution in [0, 0.1) is 0 Å². The zero-order valence-electron chi connectivity index (χ0n) is 13.9. The van der Waals surface area contributed by atoms with Gasteiger partial charge in [0.15, 0.2) is 5.82 Å². The minimum absolute atomic E-state index is 0.0527. The number of hydrogen-bond acceptors (Lipinski definition) is 6. The van der Waals surface area contributed by atoms with Gasteiger partial charge in [0.05, 0.1) is 0 Å². The van der Waals surface area contributed by atoms with Crippen LogP contribution < -0.4 is 4.90 Å². The van der Waals surface area contributed by atoms with Gasteiger partial charge in [-0.05, 0) is 18.2 Å². The molecule has 0 atom stereocenters. The van der Waals surface area contributed by atoms with E-state index >= 15 is 0 Å². The van der Waals surface area contributed by atoms with Crippen molar-refractivity contribution in [2.45, 2.75) is 0 Å². The first-order valence-corrected chi connectivity index (χ1v) is 8.97. The monoisotopic (exact) mass is 413 g/mol. The number of anilines is 1. The summed E-state index contributed by atoms with van der Waals surface area (Å²) in [5.41, 5.74) is 0.698. The molecule has 0 N–H and O–H groups in total. The molecular weight excluding hydrogens is 398 g/mol. The van der Waals surface area contributed by atoms with Gasteiger partial charge in [0.2, 0.25) is 0 Å². The Kier molecular flexibility index (Phi) is 4.61. The lowest BCUT2D eigenvalue weighted by atomic mass is 10.2. The third kappa shape index (κ3) is 3.43. The highest BCUT2D eigenvalue weighted by Crippen LogP contribution is 2.18. The van der Waals surface area contributed by atoms with Crippen molar-refractivity contribution in [3.05, 3.63) is 59.3 Å². The number of nitrogens with zero attached hydrogens (tertiary/aromatic N) is 7. The van der Waals surface area contributed by atoms with Gasteiger partial charge >= 0.3 is 0 Å². The Hall–Kier alpha value is -2.81. The molecule has 1 aliphatic heterocycles. The maximum atomic E-state index is 12.6. The highest BCUT2D eigenvalue weighted by atomic mass is 79.9. The van der Waals surface area contributed by atoms with Gasteiger partial charge in [-0.25, -0.2) is 19.6 Å². The molecule has 1 aliphatic rings. The van der Waals surface area contributed by atoms with Crippen LogP contribution in [0.2, 0.25) is 0 Å². The van der Waals surface area contributed by atoms with Crippen molar-refractivity contribution in [3.8, 4) is 5.82 Å². The predicted octanol–water partition coefficient (Wildman–Crippen LogP) is 1.78. The number of piperazine rings is 1. The number of rotatable bonds is 3. The molecule has 3 heterocycles. The first-order chi connectivity index (χ1) is 12.7. The topological polar surface area (TPSA) is 80.0 Å². The van der Waals surface area contributed by atoms with Crippen LogP contribution in [0.15, 0.2) is 53.8 Å². The molecule has 4 rings (SSSR count). The summed E-state index contributed by atoms with van der Waals surface area (Å²) in [7, 11) is 0. The molecule has 26 heavy (non-hydrogen) atoms. The van der Waals surface area contributed by atoms with Crippen LogP contribution in [0.1, 0.15) is 10.4 Å². The summed E-state index contributed by atoms with van der Waals surface area (Å²) in [6, 6.07) is 9.36. The van der Waals surface area contributed by atoms with Crippen LogP contribution in [0.5, 0.6) is 0 Å². The van der Waals surface area contributed by atoms with E-state index in [1.54, 1.807) is 11.0 Å². The first-order valence-electron chi connectivity index (χ1n) is 8.17. The number of benzene rings is 1. The second-order valence-corrected chi connectivity index (χ2v) is 6.78. The van der Waals surface area contributed by atoms with Crippen LogP contribution in [0.3, 0.4) is 0 Å². The van der Waals surface area contributed by atoms with E-state index in [1.165, 1.54) is 12.7 Å². The lowest BCUT2D eigenvalue weighted by Gasteiger charge is -2.35. The molecule has 132 valence electrons. The van der Waals surface area contributed by atoms with Crippen molar-refractivity contribution in [3.63, 3.8) is 0 Å². The lowest BCUT2D eigenvalue weighted by Crippen LogP contribution is -2.49. The van der Waals surface area contributed by atoms with E-state index in [1.807, 2.05) is 35.2 Å². The highest BCUT2D eigenvalue weighted by molar-refractivity contribution is 9.10. The Bertz CT molecular complexity index is 907. The SMILES string of the molecule is O=C(c1cccc(Br)c1)N1CCN(c2cc(-n3cncn3)ncn2)CC1. The second-order valence-electron chi connectivity index (χ2n) is 5.86. The van der Waals surface area contributed by atoms with Crippen LogP contribution in [0.4, 0.5) is 5.82 Å². The summed E-state index contributed by atoms with van der Waals surface area (Å²) in [6.07, 6.45) is 4.58. The van der Waals surface area contributed by atoms with Gasteiger partial charge in [-0.3, -0.25) is 4.79 Å². The van der Waals surface area contributed by atoms with E-state index in [-0.39, 0.29) is 5.91 Å². The molecule has 1 saturated heterocycles. The molecule has 0 bridgehead atoms. The maximum absolute atomic E-state index is 12.6. The number of halogens is 1. The normalized spacial score (nSPS) is 14.5. The molecular formula is C17H16BrN7O. The molecule has 0 spiro atoms. The van der Waals surface area contributed by atoms with Crippen molar-refractivity contribution < 1.29 is 4.79 Å². The van der Waals surface area contributed by atoms with Crippen molar-refractivity contribution in [1.29, 1.82) is 0 Å². The van der Waals surface area contributed by atoms with Crippen molar-refractivity contribution >= 4 is 27.7 Å². The largest absolute Gasteiger partial charge is 0.353 e. The molecule has 1 amide bonds. The van der Waals surface area contributed by atoms with Gasteiger partial charge in [-0.15, -0.1) is 0 Å². The Labute approximate surface area is 158 Å². The average molecular weight is 414 g/mol. The standard InChI is InChI=1S/C17H16BrN7O/c18-14-3-1-2-13(8-14)17(26)24-6-4-23(5-7-24)15-9-16(21-11-20-15)25-12-19-10-22-25/h1-3,8-12H,4-7H2. The minimum atomic E-state index is 0.0527. The molecule has 3 aromatic rings. The summed E-state index contributed by atoms with van der Waals surface area (Å²) in [6.45, 7) is 2.73. The minimum Gasteiger partial charge on any atom is -0.353 e. The summed E-state index contributed by atoms with van der Waals surface area (Å²) in [5, 5.41) is 4.09. The van der Waals surface area contributed by atoms with Crippen molar-refractivity contribution in [2.75, 3.05) is 31.1 Å². The Balaban J connectivity index is 1.44. The fraction of sp³-hybridized carbons (Fsp3) is 0.235. The number of amides is 1. The van der Waals surface area contributed by atoms with Gasteiger partial charge in [-0.1, -0.05) is 22.0 Å². The van der Waals surface area contributed by atoms with E-state index in [9.17, 15) is 4.79 Å². The van der Waals surface area contributed by atoms with Gasteiger partial charge in [0.25, 0.3) is 5.91 Å². The molecule has 1 aromatic carbocycles. The quantitative estimate of drug-likeness (QED) is 0.650. The lowest BCUT2D eigenvalue weighted by molar-refractivity contribution is 0.0746. The van der Waals surface area contributed by atoms with Gasteiger partial charge in [0.1, 0.15) is 24.8 Å². The number of carbonyl (C=O) groups is 1. The number of aromatic nitrogens is 5. The van der Waals surface area contributed by atoms with Crippen LogP contribution in [-0.2, 0) is 0 Å². The van der Waals surface area contributed by atoms with Crippen molar-refractivity contribution in [1.82, 2.24) is 29.6 Å². The van der Waals surface area contributed by atoms with Crippen molar-refractivity contribution in [2.24, 2.45) is 0 Å². The summed E-state index contributed by atoms with van der Waals surface area (Å²) in [5.74, 6) is 1.54. The molecule has 1 fully saturated rings. The van der Waals surface area contributed by atoms with Crippen LogP contribution in [0.25, 0.3) is 5.82 Å². The molecule has 0 unspecified atom stereocenters. The average Bonchev–Trinajstić information content (AvgIpc) is 3.23. The Morgan fingerprint density at radius 2 is 1.81 bits per heavy atom. The predicted molar refractivity (Wildman–Crippen MR) is 99.2 cm³/mol. The third-order valence-electron chi connectivity index (χ3n) is 4.25. The smallest absolute Gasteiger partial charge is 0.254 e. The zero-order valence-corrected chi connectivity index (χ0v) is 15.4. The maximum Gasteiger partial charge on any atom is 0.254 e. The summed E-state index contributed by atoms with van der Waals surface area (Å²) in [4.78, 5) is 29.2.